The quantitative estimate of drug-likeness (QED) is 0.345. The largest absolute Gasteiger partial charge is 0.504 e. The lowest BCUT2D eigenvalue weighted by Crippen LogP contribution is -2.05. The van der Waals surface area contributed by atoms with Gasteiger partial charge in [0.05, 0.1) is 18.0 Å². The van der Waals surface area contributed by atoms with Crippen LogP contribution in [0.5, 0.6) is 11.5 Å². The van der Waals surface area contributed by atoms with E-state index in [1.165, 1.54) is 22.9 Å². The Morgan fingerprint density at radius 2 is 1.84 bits per heavy atom. The van der Waals surface area contributed by atoms with Crippen molar-refractivity contribution in [3.05, 3.63) is 53.6 Å². The van der Waals surface area contributed by atoms with E-state index in [2.05, 4.69) is 15.5 Å². The standard InChI is InChI=1S/C16H14N4O4S/c21-8-10-1-4-12(5-2-10)20-16(17-18-19-20)25-9-15(24)11-3-6-13(22)14(23)7-11/h1-7,21-23H,8-9H2. The molecule has 25 heavy (non-hydrogen) atoms. The molecule has 0 amide bonds. The first-order valence-electron chi connectivity index (χ1n) is 7.25. The Bertz CT molecular complexity index is 895. The van der Waals surface area contributed by atoms with Crippen LogP contribution in [0.1, 0.15) is 15.9 Å². The number of hydrogen-bond donors (Lipinski definition) is 3. The molecular formula is C16H14N4O4S. The maximum atomic E-state index is 12.2. The number of aromatic hydroxyl groups is 2. The molecular weight excluding hydrogens is 344 g/mol. The summed E-state index contributed by atoms with van der Waals surface area (Å²) < 4.78 is 1.49. The molecule has 0 saturated carbocycles. The molecule has 3 rings (SSSR count). The number of aromatic nitrogens is 4. The number of Topliss-reactive ketones (excluding diaryl/α,β-unsaturated/α-hetero) is 1. The second kappa shape index (κ2) is 7.32. The molecule has 0 fully saturated rings. The van der Waals surface area contributed by atoms with Crippen LogP contribution < -0.4 is 0 Å². The van der Waals surface area contributed by atoms with Crippen molar-refractivity contribution in [1.29, 1.82) is 0 Å². The zero-order valence-corrected chi connectivity index (χ0v) is 13.7. The summed E-state index contributed by atoms with van der Waals surface area (Å²) in [5.41, 5.74) is 1.77. The molecule has 1 aromatic heterocycles. The van der Waals surface area contributed by atoms with Gasteiger partial charge in [-0.2, -0.15) is 4.68 Å². The average molecular weight is 358 g/mol. The first-order valence-corrected chi connectivity index (χ1v) is 8.23. The van der Waals surface area contributed by atoms with E-state index in [0.717, 1.165) is 17.3 Å². The SMILES string of the molecule is O=C(CSc1nnnn1-c1ccc(CO)cc1)c1ccc(O)c(O)c1. The normalized spacial score (nSPS) is 10.8. The minimum Gasteiger partial charge on any atom is -0.504 e. The van der Waals surface area contributed by atoms with Gasteiger partial charge in [-0.25, -0.2) is 0 Å². The third-order valence-corrected chi connectivity index (χ3v) is 4.35. The molecule has 0 radical (unpaired) electrons. The molecule has 9 heteroatoms. The highest BCUT2D eigenvalue weighted by molar-refractivity contribution is 7.99. The van der Waals surface area contributed by atoms with Gasteiger partial charge in [-0.15, -0.1) is 5.10 Å². The molecule has 0 atom stereocenters. The van der Waals surface area contributed by atoms with E-state index in [-0.39, 0.29) is 35.2 Å². The molecule has 1 heterocycles. The molecule has 128 valence electrons. The van der Waals surface area contributed by atoms with Gasteiger partial charge in [0.25, 0.3) is 0 Å². The summed E-state index contributed by atoms with van der Waals surface area (Å²) in [5.74, 6) is -0.783. The van der Waals surface area contributed by atoms with Crippen LogP contribution in [-0.4, -0.2) is 47.1 Å². The monoisotopic (exact) mass is 358 g/mol. The fourth-order valence-electron chi connectivity index (χ4n) is 2.08. The van der Waals surface area contributed by atoms with Crippen LogP contribution in [0.2, 0.25) is 0 Å². The summed E-state index contributed by atoms with van der Waals surface area (Å²) in [6.07, 6.45) is 0. The predicted octanol–water partition coefficient (Wildman–Crippen LogP) is 1.54. The van der Waals surface area contributed by atoms with Crippen LogP contribution in [0.4, 0.5) is 0 Å². The van der Waals surface area contributed by atoms with E-state index in [9.17, 15) is 15.0 Å². The van der Waals surface area contributed by atoms with Crippen LogP contribution in [0.15, 0.2) is 47.6 Å². The maximum absolute atomic E-state index is 12.2. The number of benzene rings is 2. The van der Waals surface area contributed by atoms with Crippen LogP contribution in [0.25, 0.3) is 5.69 Å². The van der Waals surface area contributed by atoms with Crippen molar-refractivity contribution in [3.8, 4) is 17.2 Å². The van der Waals surface area contributed by atoms with Crippen molar-refractivity contribution < 1.29 is 20.1 Å². The summed E-state index contributed by atoms with van der Waals surface area (Å²) in [6, 6.07) is 11.0. The zero-order valence-electron chi connectivity index (χ0n) is 12.9. The molecule has 0 bridgehead atoms. The molecule has 2 aromatic carbocycles. The lowest BCUT2D eigenvalue weighted by Gasteiger charge is -2.05. The molecule has 0 spiro atoms. The number of phenols is 2. The second-order valence-electron chi connectivity index (χ2n) is 5.11. The van der Waals surface area contributed by atoms with Gasteiger partial charge in [0.2, 0.25) is 5.16 Å². The fraction of sp³-hybridized carbons (Fsp3) is 0.125. The number of nitrogens with zero attached hydrogens (tertiary/aromatic N) is 4. The second-order valence-corrected chi connectivity index (χ2v) is 6.06. The molecule has 3 aromatic rings. The summed E-state index contributed by atoms with van der Waals surface area (Å²) >= 11 is 1.16. The van der Waals surface area contributed by atoms with Crippen LogP contribution in [0, 0.1) is 0 Å². The summed E-state index contributed by atoms with van der Waals surface area (Å²) in [7, 11) is 0. The minimum absolute atomic E-state index is 0.0501. The van der Waals surface area contributed by atoms with Gasteiger partial charge in [0.15, 0.2) is 17.3 Å². The van der Waals surface area contributed by atoms with Crippen molar-refractivity contribution in [2.75, 3.05) is 5.75 Å². The number of carbonyl (C=O) groups excluding carboxylic acids is 1. The van der Waals surface area contributed by atoms with Gasteiger partial charge in [-0.05, 0) is 46.3 Å². The van der Waals surface area contributed by atoms with E-state index < -0.39 is 0 Å². The Labute approximate surface area is 146 Å². The highest BCUT2D eigenvalue weighted by atomic mass is 32.2. The van der Waals surface area contributed by atoms with E-state index in [4.69, 9.17) is 5.11 Å². The van der Waals surface area contributed by atoms with Gasteiger partial charge in [-0.1, -0.05) is 23.9 Å². The average Bonchev–Trinajstić information content (AvgIpc) is 3.10. The van der Waals surface area contributed by atoms with Crippen LogP contribution >= 0.6 is 11.8 Å². The highest BCUT2D eigenvalue weighted by Crippen LogP contribution is 2.26. The first-order chi connectivity index (χ1) is 12.1. The minimum atomic E-state index is -0.343. The number of ketones is 1. The molecule has 8 nitrogen and oxygen atoms in total. The number of thioether (sulfide) groups is 1. The Kier molecular flexibility index (Phi) is 4.96. The Balaban J connectivity index is 1.72. The van der Waals surface area contributed by atoms with Crippen molar-refractivity contribution in [2.45, 2.75) is 11.8 Å². The van der Waals surface area contributed by atoms with Gasteiger partial charge in [-0.3, -0.25) is 4.79 Å². The van der Waals surface area contributed by atoms with Gasteiger partial charge < -0.3 is 15.3 Å². The zero-order chi connectivity index (χ0) is 17.8. The van der Waals surface area contributed by atoms with E-state index in [1.54, 1.807) is 24.3 Å². The highest BCUT2D eigenvalue weighted by Gasteiger charge is 2.14. The predicted molar refractivity (Wildman–Crippen MR) is 89.9 cm³/mol. The van der Waals surface area contributed by atoms with Crippen LogP contribution in [-0.2, 0) is 6.61 Å². The summed E-state index contributed by atoms with van der Waals surface area (Å²) in [6.45, 7) is -0.0501. The van der Waals surface area contributed by atoms with Crippen molar-refractivity contribution >= 4 is 17.5 Å². The van der Waals surface area contributed by atoms with E-state index >= 15 is 0 Å². The van der Waals surface area contributed by atoms with Gasteiger partial charge in [0.1, 0.15) is 0 Å². The van der Waals surface area contributed by atoms with Crippen molar-refractivity contribution in [2.24, 2.45) is 0 Å². The van der Waals surface area contributed by atoms with Gasteiger partial charge in [0, 0.05) is 5.56 Å². The number of rotatable bonds is 6. The molecule has 0 unspecified atom stereocenters. The lowest BCUT2D eigenvalue weighted by molar-refractivity contribution is 0.102. The fourth-order valence-corrected chi connectivity index (χ4v) is 2.87. The molecule has 0 aliphatic heterocycles. The number of carbonyl (C=O) groups is 1. The molecule has 0 aliphatic carbocycles. The van der Waals surface area contributed by atoms with Gasteiger partial charge >= 0.3 is 0 Å². The van der Waals surface area contributed by atoms with Crippen LogP contribution in [0.3, 0.4) is 0 Å². The Morgan fingerprint density at radius 1 is 1.08 bits per heavy atom. The maximum Gasteiger partial charge on any atom is 0.214 e. The number of tetrazole rings is 1. The molecule has 3 N–H and O–H groups in total. The summed E-state index contributed by atoms with van der Waals surface area (Å²) in [4.78, 5) is 12.2. The van der Waals surface area contributed by atoms with Crippen molar-refractivity contribution in [1.82, 2.24) is 20.2 Å². The molecule has 0 aliphatic rings. The molecule has 0 saturated heterocycles. The first kappa shape index (κ1) is 16.9. The number of aliphatic hydroxyl groups excluding tert-OH is 1. The third-order valence-electron chi connectivity index (χ3n) is 3.43. The third kappa shape index (κ3) is 3.78. The Morgan fingerprint density at radius 3 is 2.52 bits per heavy atom. The number of phenolic OH excluding ortho intramolecular Hbond substituents is 2. The van der Waals surface area contributed by atoms with E-state index in [1.807, 2.05) is 0 Å². The summed E-state index contributed by atoms with van der Waals surface area (Å²) in [5, 5.41) is 39.7. The topological polar surface area (TPSA) is 121 Å². The lowest BCUT2D eigenvalue weighted by atomic mass is 10.1. The van der Waals surface area contributed by atoms with E-state index in [0.29, 0.717) is 10.8 Å². The smallest absolute Gasteiger partial charge is 0.214 e. The number of hydrogen-bond acceptors (Lipinski definition) is 8. The Hall–Kier alpha value is -2.91. The number of aliphatic hydroxyl groups is 1. The van der Waals surface area contributed by atoms with Crippen molar-refractivity contribution in [3.63, 3.8) is 0 Å².